The highest BCUT2D eigenvalue weighted by molar-refractivity contribution is 7.76. The number of amides is 2. The van der Waals surface area contributed by atoms with Crippen LogP contribution in [0.1, 0.15) is 18.1 Å². The molecule has 5 rings (SSSR count). The molecule has 3 unspecified atom stereocenters. The van der Waals surface area contributed by atoms with Crippen molar-refractivity contribution in [2.75, 3.05) is 36.4 Å². The maximum atomic E-state index is 13.5. The van der Waals surface area contributed by atoms with Gasteiger partial charge in [0, 0.05) is 44.1 Å². The van der Waals surface area contributed by atoms with Gasteiger partial charge in [-0.05, 0) is 48.7 Å². The van der Waals surface area contributed by atoms with E-state index >= 15 is 0 Å². The van der Waals surface area contributed by atoms with E-state index in [0.29, 0.717) is 50.8 Å². The van der Waals surface area contributed by atoms with E-state index in [1.165, 1.54) is 16.4 Å². The number of carbonyl (C=O) groups excluding carboxylic acids is 1. The Morgan fingerprint density at radius 3 is 2.76 bits per heavy atom. The average Bonchev–Trinajstić information content (AvgIpc) is 3.07. The lowest BCUT2D eigenvalue weighted by Crippen LogP contribution is -2.56. The van der Waals surface area contributed by atoms with Gasteiger partial charge < -0.3 is 20.0 Å². The monoisotopic (exact) mass is 486 g/mol. The topological polar surface area (TPSA) is 103 Å². The SMILES string of the molecule is CC1C2CN(C(=O)Nc3cccc(F)c3)CCN2C(=N)N1c1cccc2c1CCN(S(=O)O)C2. The Kier molecular flexibility index (Phi) is 6.00. The number of fused-ring (bicyclic) bond motifs is 2. The fourth-order valence-electron chi connectivity index (χ4n) is 5.20. The molecular formula is C23H27FN6O3S. The second kappa shape index (κ2) is 8.97. The van der Waals surface area contributed by atoms with Crippen molar-refractivity contribution in [1.82, 2.24) is 14.1 Å². The van der Waals surface area contributed by atoms with E-state index in [1.54, 1.807) is 17.0 Å². The summed E-state index contributed by atoms with van der Waals surface area (Å²) in [5.41, 5.74) is 3.45. The first kappa shape index (κ1) is 22.8. The van der Waals surface area contributed by atoms with Crippen LogP contribution in [0.25, 0.3) is 0 Å². The highest BCUT2D eigenvalue weighted by atomic mass is 32.2. The van der Waals surface area contributed by atoms with E-state index < -0.39 is 17.1 Å². The molecule has 0 aliphatic carbocycles. The molecule has 2 amide bonds. The lowest BCUT2D eigenvalue weighted by Gasteiger charge is -2.38. The Morgan fingerprint density at radius 2 is 2.00 bits per heavy atom. The van der Waals surface area contributed by atoms with E-state index in [4.69, 9.17) is 5.41 Å². The zero-order valence-corrected chi connectivity index (χ0v) is 19.6. The molecule has 3 aliphatic heterocycles. The molecule has 9 nitrogen and oxygen atoms in total. The molecule has 0 spiro atoms. The van der Waals surface area contributed by atoms with Crippen LogP contribution in [-0.4, -0.2) is 73.1 Å². The number of urea groups is 1. The maximum Gasteiger partial charge on any atom is 0.321 e. The summed E-state index contributed by atoms with van der Waals surface area (Å²) < 4.78 is 36.0. The Morgan fingerprint density at radius 1 is 1.21 bits per heavy atom. The van der Waals surface area contributed by atoms with Gasteiger partial charge in [0.05, 0.1) is 12.1 Å². The van der Waals surface area contributed by atoms with E-state index in [-0.39, 0.29) is 18.1 Å². The second-order valence-corrected chi connectivity index (χ2v) is 9.82. The molecule has 2 fully saturated rings. The number of rotatable bonds is 3. The van der Waals surface area contributed by atoms with Crippen LogP contribution in [0.3, 0.4) is 0 Å². The molecule has 11 heteroatoms. The first-order valence-corrected chi connectivity index (χ1v) is 12.3. The number of nitrogens with zero attached hydrogens (tertiary/aromatic N) is 4. The van der Waals surface area contributed by atoms with Crippen LogP contribution >= 0.6 is 0 Å². The molecule has 2 saturated heterocycles. The zero-order valence-electron chi connectivity index (χ0n) is 18.8. The van der Waals surface area contributed by atoms with Gasteiger partial charge in [-0.25, -0.2) is 13.4 Å². The molecule has 2 aromatic rings. The molecule has 3 atom stereocenters. The molecule has 0 aromatic heterocycles. The van der Waals surface area contributed by atoms with Crippen LogP contribution in [-0.2, 0) is 24.2 Å². The molecule has 180 valence electrons. The highest BCUT2D eigenvalue weighted by Gasteiger charge is 2.46. The number of halogens is 1. The van der Waals surface area contributed by atoms with Gasteiger partial charge in [0.15, 0.2) is 5.96 Å². The van der Waals surface area contributed by atoms with Gasteiger partial charge in [-0.15, -0.1) is 0 Å². The lowest BCUT2D eigenvalue weighted by molar-refractivity contribution is 0.148. The average molecular weight is 487 g/mol. The summed E-state index contributed by atoms with van der Waals surface area (Å²) >= 11 is -2.01. The van der Waals surface area contributed by atoms with Crippen molar-refractivity contribution >= 4 is 34.6 Å². The molecule has 0 bridgehead atoms. The first-order valence-electron chi connectivity index (χ1n) is 11.3. The summed E-state index contributed by atoms with van der Waals surface area (Å²) in [6.45, 7) is 4.38. The molecule has 3 N–H and O–H groups in total. The van der Waals surface area contributed by atoms with Crippen molar-refractivity contribution in [3.8, 4) is 0 Å². The highest BCUT2D eigenvalue weighted by Crippen LogP contribution is 2.36. The van der Waals surface area contributed by atoms with Crippen molar-refractivity contribution in [2.45, 2.75) is 32.0 Å². The Labute approximate surface area is 200 Å². The molecule has 0 saturated carbocycles. The van der Waals surface area contributed by atoms with Gasteiger partial charge in [-0.3, -0.25) is 9.96 Å². The molecule has 34 heavy (non-hydrogen) atoms. The fraction of sp³-hybridized carbons (Fsp3) is 0.391. The van der Waals surface area contributed by atoms with Crippen LogP contribution in [0.2, 0.25) is 0 Å². The third-order valence-electron chi connectivity index (χ3n) is 6.93. The van der Waals surface area contributed by atoms with Crippen molar-refractivity contribution in [3.05, 3.63) is 59.4 Å². The van der Waals surface area contributed by atoms with Crippen LogP contribution in [0.4, 0.5) is 20.6 Å². The third-order valence-corrected chi connectivity index (χ3v) is 7.69. The van der Waals surface area contributed by atoms with Gasteiger partial charge in [0.25, 0.3) is 0 Å². The smallest absolute Gasteiger partial charge is 0.321 e. The Hall–Kier alpha value is -3.02. The number of hydrogen-bond donors (Lipinski definition) is 3. The van der Waals surface area contributed by atoms with Gasteiger partial charge in [0.2, 0.25) is 11.3 Å². The predicted octanol–water partition coefficient (Wildman–Crippen LogP) is 2.68. The van der Waals surface area contributed by atoms with Crippen molar-refractivity contribution in [2.24, 2.45) is 0 Å². The van der Waals surface area contributed by atoms with Crippen molar-refractivity contribution < 1.29 is 17.9 Å². The van der Waals surface area contributed by atoms with Crippen molar-refractivity contribution in [1.29, 1.82) is 5.41 Å². The third kappa shape index (κ3) is 4.04. The molecule has 3 heterocycles. The lowest BCUT2D eigenvalue weighted by atomic mass is 9.97. The minimum atomic E-state index is -2.01. The van der Waals surface area contributed by atoms with E-state index in [2.05, 4.69) is 12.2 Å². The largest absolute Gasteiger partial charge is 0.334 e. The summed E-state index contributed by atoms with van der Waals surface area (Å²) in [6, 6.07) is 11.3. The summed E-state index contributed by atoms with van der Waals surface area (Å²) in [6.07, 6.45) is 0.626. The van der Waals surface area contributed by atoms with Gasteiger partial charge in [-0.2, -0.15) is 4.31 Å². The zero-order chi connectivity index (χ0) is 24.0. The molecule has 2 aromatic carbocycles. The number of benzene rings is 2. The Bertz CT molecular complexity index is 1160. The predicted molar refractivity (Wildman–Crippen MR) is 128 cm³/mol. The molecule has 3 aliphatic rings. The normalized spacial score (nSPS) is 23.5. The second-order valence-electron chi connectivity index (χ2n) is 8.84. The number of carbonyl (C=O) groups is 1. The van der Waals surface area contributed by atoms with E-state index in [9.17, 15) is 17.9 Å². The first-order chi connectivity index (χ1) is 16.3. The van der Waals surface area contributed by atoms with E-state index in [1.807, 2.05) is 28.0 Å². The summed E-state index contributed by atoms with van der Waals surface area (Å²) in [5.74, 6) is -0.0000736. The number of piperazine rings is 1. The fourth-order valence-corrected chi connectivity index (χ4v) is 5.70. The minimum absolute atomic E-state index is 0.0474. The van der Waals surface area contributed by atoms with E-state index in [0.717, 1.165) is 16.8 Å². The van der Waals surface area contributed by atoms with Gasteiger partial charge >= 0.3 is 6.03 Å². The van der Waals surface area contributed by atoms with Crippen LogP contribution < -0.4 is 10.2 Å². The Balaban J connectivity index is 1.34. The number of nitrogens with one attached hydrogen (secondary N) is 2. The van der Waals surface area contributed by atoms with Crippen molar-refractivity contribution in [3.63, 3.8) is 0 Å². The van der Waals surface area contributed by atoms with Crippen LogP contribution in [0.15, 0.2) is 42.5 Å². The standard InChI is InChI=1S/C23H27FN6O3S/c1-15-21-14-27(23(31)26-18-6-3-5-17(24)12-18)10-11-29(21)22(25)30(15)20-7-2-4-16-13-28(34(32)33)9-8-19(16)20/h2-7,12,15,21,25H,8-11,13-14H2,1H3,(H,26,31)(H,32,33). The summed E-state index contributed by atoms with van der Waals surface area (Å²) in [4.78, 5) is 18.6. The van der Waals surface area contributed by atoms with Gasteiger partial charge in [-0.1, -0.05) is 18.2 Å². The summed E-state index contributed by atoms with van der Waals surface area (Å²) in [7, 11) is 0. The number of guanidine groups is 1. The summed E-state index contributed by atoms with van der Waals surface area (Å²) in [5, 5.41) is 11.7. The molecule has 0 radical (unpaired) electrons. The van der Waals surface area contributed by atoms with Crippen LogP contribution in [0, 0.1) is 11.2 Å². The minimum Gasteiger partial charge on any atom is -0.334 e. The van der Waals surface area contributed by atoms with Gasteiger partial charge in [0.1, 0.15) is 5.82 Å². The maximum absolute atomic E-state index is 13.5. The van der Waals surface area contributed by atoms with Crippen LogP contribution in [0.5, 0.6) is 0 Å². The number of hydrogen-bond acceptors (Lipinski definition) is 3. The molecular weight excluding hydrogens is 459 g/mol. The number of anilines is 2. The quantitative estimate of drug-likeness (QED) is 0.579.